The summed E-state index contributed by atoms with van der Waals surface area (Å²) < 4.78 is 10.7. The molecule has 0 radical (unpaired) electrons. The highest BCUT2D eigenvalue weighted by Gasteiger charge is 2.33. The molecule has 1 aliphatic heterocycles. The van der Waals surface area contributed by atoms with Crippen molar-refractivity contribution < 1.29 is 14.3 Å². The summed E-state index contributed by atoms with van der Waals surface area (Å²) in [6.45, 7) is 0.675. The molecule has 126 valence electrons. The molecule has 24 heavy (non-hydrogen) atoms. The van der Waals surface area contributed by atoms with Gasteiger partial charge in [0.1, 0.15) is 16.9 Å². The van der Waals surface area contributed by atoms with Crippen LogP contribution in [0.1, 0.15) is 21.3 Å². The van der Waals surface area contributed by atoms with Crippen LogP contribution in [0.4, 0.5) is 0 Å². The number of nitrogens with zero attached hydrogens (tertiary/aromatic N) is 1. The summed E-state index contributed by atoms with van der Waals surface area (Å²) in [6, 6.07) is 12.8. The van der Waals surface area contributed by atoms with Gasteiger partial charge in [0, 0.05) is 23.9 Å². The molecule has 0 aliphatic carbocycles. The third kappa shape index (κ3) is 3.19. The molecule has 6 heteroatoms. The topological polar surface area (TPSA) is 38.8 Å². The fourth-order valence-electron chi connectivity index (χ4n) is 2.75. The van der Waals surface area contributed by atoms with Crippen molar-refractivity contribution in [3.63, 3.8) is 0 Å². The molecule has 1 unspecified atom stereocenters. The van der Waals surface area contributed by atoms with Crippen LogP contribution < -0.4 is 9.47 Å². The van der Waals surface area contributed by atoms with Gasteiger partial charge in [-0.3, -0.25) is 4.79 Å². The van der Waals surface area contributed by atoms with Gasteiger partial charge in [-0.2, -0.15) is 0 Å². The van der Waals surface area contributed by atoms with Gasteiger partial charge >= 0.3 is 0 Å². The zero-order chi connectivity index (χ0) is 17.1. The highest BCUT2D eigenvalue weighted by molar-refractivity contribution is 7.99. The molecule has 0 spiro atoms. The number of carbonyl (C=O) groups is 1. The second-order valence-electron chi connectivity index (χ2n) is 5.31. The molecular formula is C18H18ClNO3S. The van der Waals surface area contributed by atoms with Crippen LogP contribution in [0.5, 0.6) is 11.5 Å². The average Bonchev–Trinajstić information content (AvgIpc) is 3.10. The van der Waals surface area contributed by atoms with Gasteiger partial charge in [0.05, 0.1) is 24.8 Å². The molecule has 1 aliphatic rings. The molecule has 1 fully saturated rings. The summed E-state index contributed by atoms with van der Waals surface area (Å²) >= 11 is 7.91. The zero-order valence-corrected chi connectivity index (χ0v) is 15.1. The van der Waals surface area contributed by atoms with E-state index in [1.165, 1.54) is 0 Å². The van der Waals surface area contributed by atoms with Gasteiger partial charge in [-0.05, 0) is 24.3 Å². The second-order valence-corrected chi connectivity index (χ2v) is 6.90. The first kappa shape index (κ1) is 17.0. The lowest BCUT2D eigenvalue weighted by Gasteiger charge is -2.26. The number of benzene rings is 2. The van der Waals surface area contributed by atoms with Gasteiger partial charge in [-0.25, -0.2) is 0 Å². The van der Waals surface area contributed by atoms with E-state index in [4.69, 9.17) is 21.1 Å². The van der Waals surface area contributed by atoms with Crippen molar-refractivity contribution in [1.82, 2.24) is 4.90 Å². The van der Waals surface area contributed by atoms with Crippen LogP contribution in [0.25, 0.3) is 0 Å². The molecule has 0 saturated carbocycles. The van der Waals surface area contributed by atoms with E-state index in [9.17, 15) is 4.79 Å². The minimum Gasteiger partial charge on any atom is -0.497 e. The lowest BCUT2D eigenvalue weighted by atomic mass is 10.1. The lowest BCUT2D eigenvalue weighted by molar-refractivity contribution is 0.0759. The van der Waals surface area contributed by atoms with Crippen molar-refractivity contribution in [3.8, 4) is 11.5 Å². The van der Waals surface area contributed by atoms with E-state index >= 15 is 0 Å². The summed E-state index contributed by atoms with van der Waals surface area (Å²) in [5.74, 6) is 2.25. The van der Waals surface area contributed by atoms with Crippen molar-refractivity contribution in [3.05, 3.63) is 58.6 Å². The summed E-state index contributed by atoms with van der Waals surface area (Å²) in [7, 11) is 3.24. The number of hydrogen-bond donors (Lipinski definition) is 0. The maximum atomic E-state index is 12.9. The number of carbonyl (C=O) groups excluding carboxylic acids is 1. The predicted molar refractivity (Wildman–Crippen MR) is 97.2 cm³/mol. The van der Waals surface area contributed by atoms with Crippen LogP contribution in [-0.2, 0) is 0 Å². The first-order valence-electron chi connectivity index (χ1n) is 7.54. The molecule has 0 N–H and O–H groups in total. The molecule has 4 nitrogen and oxygen atoms in total. The third-order valence-corrected chi connectivity index (χ3v) is 5.53. The minimum absolute atomic E-state index is 0.0616. The quantitative estimate of drug-likeness (QED) is 0.814. The molecular weight excluding hydrogens is 346 g/mol. The summed E-state index contributed by atoms with van der Waals surface area (Å²) in [5, 5.41) is 0.370. The van der Waals surface area contributed by atoms with E-state index in [0.29, 0.717) is 22.9 Å². The summed E-state index contributed by atoms with van der Waals surface area (Å²) in [4.78, 5) is 14.8. The molecule has 3 rings (SSSR count). The maximum absolute atomic E-state index is 12.9. The lowest BCUT2D eigenvalue weighted by Crippen LogP contribution is -2.30. The SMILES string of the molecule is COc1ccc(C2SCCN2C(=O)c2ccccc2Cl)c(OC)c1. The largest absolute Gasteiger partial charge is 0.497 e. The molecule has 2 aromatic carbocycles. The van der Waals surface area contributed by atoms with Crippen molar-refractivity contribution >= 4 is 29.3 Å². The molecule has 1 heterocycles. The Hall–Kier alpha value is -1.85. The Kier molecular flexibility index (Phi) is 5.21. The van der Waals surface area contributed by atoms with Gasteiger partial charge in [-0.1, -0.05) is 23.7 Å². The van der Waals surface area contributed by atoms with Crippen LogP contribution in [-0.4, -0.2) is 37.3 Å². The Morgan fingerprint density at radius 1 is 1.21 bits per heavy atom. The van der Waals surface area contributed by atoms with E-state index in [-0.39, 0.29) is 11.3 Å². The van der Waals surface area contributed by atoms with Crippen molar-refractivity contribution in [2.75, 3.05) is 26.5 Å². The standard InChI is InChI=1S/C18H18ClNO3S/c1-22-12-7-8-14(16(11-12)23-2)18-20(9-10-24-18)17(21)13-5-3-4-6-15(13)19/h3-8,11,18H,9-10H2,1-2H3. The van der Waals surface area contributed by atoms with Crippen molar-refractivity contribution in [2.24, 2.45) is 0 Å². The zero-order valence-electron chi connectivity index (χ0n) is 13.5. The number of halogens is 1. The Balaban J connectivity index is 1.94. The van der Waals surface area contributed by atoms with Crippen molar-refractivity contribution in [1.29, 1.82) is 0 Å². The highest BCUT2D eigenvalue weighted by Crippen LogP contribution is 2.43. The Morgan fingerprint density at radius 3 is 2.71 bits per heavy atom. The maximum Gasteiger partial charge on any atom is 0.256 e. The van der Waals surface area contributed by atoms with Gasteiger partial charge in [-0.15, -0.1) is 11.8 Å². The van der Waals surface area contributed by atoms with Crippen LogP contribution in [0.3, 0.4) is 0 Å². The fourth-order valence-corrected chi connectivity index (χ4v) is 4.24. The minimum atomic E-state index is -0.102. The summed E-state index contributed by atoms with van der Waals surface area (Å²) in [5.41, 5.74) is 1.49. The summed E-state index contributed by atoms with van der Waals surface area (Å²) in [6.07, 6.45) is 0. The van der Waals surface area contributed by atoms with E-state index in [1.54, 1.807) is 38.1 Å². The number of amides is 1. The smallest absolute Gasteiger partial charge is 0.256 e. The number of ether oxygens (including phenoxy) is 2. The molecule has 1 amide bonds. The van der Waals surface area contributed by atoms with Gasteiger partial charge < -0.3 is 14.4 Å². The monoisotopic (exact) mass is 363 g/mol. The number of methoxy groups -OCH3 is 2. The van der Waals surface area contributed by atoms with Crippen molar-refractivity contribution in [2.45, 2.75) is 5.37 Å². The molecule has 2 aromatic rings. The number of rotatable bonds is 4. The molecule has 1 atom stereocenters. The Labute approximate surface area is 150 Å². The van der Waals surface area contributed by atoms with Crippen LogP contribution >= 0.6 is 23.4 Å². The fraction of sp³-hybridized carbons (Fsp3) is 0.278. The Bertz CT molecular complexity index is 753. The molecule has 0 aromatic heterocycles. The van der Waals surface area contributed by atoms with Gasteiger partial charge in [0.15, 0.2) is 0 Å². The first-order valence-corrected chi connectivity index (χ1v) is 8.97. The molecule has 0 bridgehead atoms. The van der Waals surface area contributed by atoms with Gasteiger partial charge in [0.2, 0.25) is 0 Å². The second kappa shape index (κ2) is 7.36. The van der Waals surface area contributed by atoms with Gasteiger partial charge in [0.25, 0.3) is 5.91 Å². The van der Waals surface area contributed by atoms with Crippen LogP contribution in [0, 0.1) is 0 Å². The molecule has 1 saturated heterocycles. The van der Waals surface area contributed by atoms with E-state index in [0.717, 1.165) is 17.1 Å². The number of thioether (sulfide) groups is 1. The highest BCUT2D eigenvalue weighted by atomic mass is 35.5. The predicted octanol–water partition coefficient (Wildman–Crippen LogP) is 4.25. The average molecular weight is 364 g/mol. The van der Waals surface area contributed by atoms with Crippen LogP contribution in [0.15, 0.2) is 42.5 Å². The third-order valence-electron chi connectivity index (χ3n) is 3.96. The van der Waals surface area contributed by atoms with E-state index < -0.39 is 0 Å². The van der Waals surface area contributed by atoms with Crippen LogP contribution in [0.2, 0.25) is 5.02 Å². The normalized spacial score (nSPS) is 17.0. The number of hydrogen-bond acceptors (Lipinski definition) is 4. The van der Waals surface area contributed by atoms with E-state index in [2.05, 4.69) is 0 Å². The Morgan fingerprint density at radius 2 is 2.00 bits per heavy atom. The first-order chi connectivity index (χ1) is 11.7. The van der Waals surface area contributed by atoms with E-state index in [1.807, 2.05) is 35.2 Å².